The first-order valence-corrected chi connectivity index (χ1v) is 7.62. The summed E-state index contributed by atoms with van der Waals surface area (Å²) < 4.78 is 1.98. The van der Waals surface area contributed by atoms with E-state index in [1.165, 1.54) is 22.4 Å². The van der Waals surface area contributed by atoms with Gasteiger partial charge in [-0.15, -0.1) is 0 Å². The van der Waals surface area contributed by atoms with Crippen LogP contribution in [0.15, 0.2) is 24.3 Å². The van der Waals surface area contributed by atoms with Gasteiger partial charge in [-0.25, -0.2) is 0 Å². The highest BCUT2D eigenvalue weighted by molar-refractivity contribution is 5.34. The van der Waals surface area contributed by atoms with Crippen LogP contribution >= 0.6 is 0 Å². The number of aromatic nitrogens is 2. The molecular formula is C17H24N4. The summed E-state index contributed by atoms with van der Waals surface area (Å²) in [5, 5.41) is 4.51. The van der Waals surface area contributed by atoms with Gasteiger partial charge in [0.2, 0.25) is 0 Å². The van der Waals surface area contributed by atoms with Crippen LogP contribution in [0.2, 0.25) is 0 Å². The lowest BCUT2D eigenvalue weighted by Gasteiger charge is -2.23. The van der Waals surface area contributed by atoms with Crippen molar-refractivity contribution in [2.75, 3.05) is 13.1 Å². The van der Waals surface area contributed by atoms with Crippen LogP contribution in [0.3, 0.4) is 0 Å². The van der Waals surface area contributed by atoms with E-state index < -0.39 is 0 Å². The van der Waals surface area contributed by atoms with Crippen LogP contribution < -0.4 is 5.73 Å². The summed E-state index contributed by atoms with van der Waals surface area (Å²) in [5.74, 6) is 0. The van der Waals surface area contributed by atoms with Crippen LogP contribution in [0.4, 0.5) is 0 Å². The molecule has 0 saturated carbocycles. The average molecular weight is 284 g/mol. The highest BCUT2D eigenvalue weighted by Gasteiger charge is 2.28. The van der Waals surface area contributed by atoms with Gasteiger partial charge >= 0.3 is 0 Å². The molecule has 1 aromatic carbocycles. The van der Waals surface area contributed by atoms with E-state index in [4.69, 9.17) is 5.73 Å². The number of rotatable bonds is 4. The Balaban J connectivity index is 1.75. The Bertz CT molecular complexity index is 644. The van der Waals surface area contributed by atoms with Crippen molar-refractivity contribution < 1.29 is 0 Å². The molecule has 1 aliphatic heterocycles. The van der Waals surface area contributed by atoms with Crippen molar-refractivity contribution in [1.82, 2.24) is 14.7 Å². The Labute approximate surface area is 126 Å². The number of benzene rings is 1. The van der Waals surface area contributed by atoms with Crippen LogP contribution in [0.5, 0.6) is 0 Å². The lowest BCUT2D eigenvalue weighted by Crippen LogP contribution is -2.29. The number of hydrogen-bond acceptors (Lipinski definition) is 3. The smallest absolute Gasteiger partial charge is 0.0628 e. The number of hydrogen-bond donors (Lipinski definition) is 1. The van der Waals surface area contributed by atoms with Crippen LogP contribution in [0, 0.1) is 13.8 Å². The largest absolute Gasteiger partial charge is 0.329 e. The summed E-state index contributed by atoms with van der Waals surface area (Å²) in [5.41, 5.74) is 12.6. The fourth-order valence-corrected chi connectivity index (χ4v) is 3.47. The van der Waals surface area contributed by atoms with Crippen molar-refractivity contribution in [2.24, 2.45) is 12.8 Å². The first-order chi connectivity index (χ1) is 10.1. The van der Waals surface area contributed by atoms with Gasteiger partial charge in [0, 0.05) is 38.4 Å². The van der Waals surface area contributed by atoms with E-state index in [2.05, 4.69) is 48.1 Å². The molecule has 4 heteroatoms. The third kappa shape index (κ3) is 2.49. The van der Waals surface area contributed by atoms with E-state index in [1.54, 1.807) is 0 Å². The molecule has 0 aliphatic carbocycles. The molecule has 1 unspecified atom stereocenters. The predicted molar refractivity (Wildman–Crippen MR) is 85.0 cm³/mol. The Morgan fingerprint density at radius 1 is 1.29 bits per heavy atom. The summed E-state index contributed by atoms with van der Waals surface area (Å²) in [6.07, 6.45) is 1.04. The van der Waals surface area contributed by atoms with Crippen molar-refractivity contribution >= 4 is 0 Å². The average Bonchev–Trinajstić information content (AvgIpc) is 2.95. The summed E-state index contributed by atoms with van der Waals surface area (Å²) in [6, 6.07) is 9.02. The van der Waals surface area contributed by atoms with Gasteiger partial charge in [0.25, 0.3) is 0 Å². The molecule has 3 rings (SSSR count). The van der Waals surface area contributed by atoms with E-state index in [9.17, 15) is 0 Å². The second-order valence-electron chi connectivity index (χ2n) is 5.94. The molecule has 0 amide bonds. The Morgan fingerprint density at radius 2 is 2.05 bits per heavy atom. The van der Waals surface area contributed by atoms with Crippen molar-refractivity contribution in [3.63, 3.8) is 0 Å². The molecule has 0 spiro atoms. The number of fused-ring (bicyclic) bond motifs is 1. The number of nitrogens with zero attached hydrogens (tertiary/aromatic N) is 3. The van der Waals surface area contributed by atoms with Gasteiger partial charge in [-0.2, -0.15) is 5.10 Å². The molecular weight excluding hydrogens is 260 g/mol. The molecule has 1 aromatic heterocycles. The highest BCUT2D eigenvalue weighted by Crippen LogP contribution is 2.32. The molecule has 4 nitrogen and oxygen atoms in total. The molecule has 2 heterocycles. The Kier molecular flexibility index (Phi) is 3.83. The second-order valence-corrected chi connectivity index (χ2v) is 5.94. The summed E-state index contributed by atoms with van der Waals surface area (Å²) in [7, 11) is 2.01. The van der Waals surface area contributed by atoms with Gasteiger partial charge in [-0.1, -0.05) is 24.3 Å². The van der Waals surface area contributed by atoms with E-state index >= 15 is 0 Å². The van der Waals surface area contributed by atoms with E-state index in [1.807, 2.05) is 11.7 Å². The van der Waals surface area contributed by atoms with Crippen LogP contribution in [0.25, 0.3) is 0 Å². The summed E-state index contributed by atoms with van der Waals surface area (Å²) in [4.78, 5) is 2.50. The SMILES string of the molecule is Cc1nn(C)c(C)c1CCN1Cc2ccccc2C1CN. The monoisotopic (exact) mass is 284 g/mol. The first-order valence-electron chi connectivity index (χ1n) is 7.62. The standard InChI is InChI=1S/C17H24N4/c1-12-15(13(2)20(3)19-12)8-9-21-11-14-6-4-5-7-16(14)17(21)10-18/h4-7,17H,8-11,18H2,1-3H3. The highest BCUT2D eigenvalue weighted by atomic mass is 15.3. The number of aryl methyl sites for hydroxylation is 2. The minimum atomic E-state index is 0.360. The van der Waals surface area contributed by atoms with Crippen LogP contribution in [-0.2, 0) is 20.0 Å². The quantitative estimate of drug-likeness (QED) is 0.935. The zero-order valence-corrected chi connectivity index (χ0v) is 13.1. The zero-order valence-electron chi connectivity index (χ0n) is 13.1. The maximum Gasteiger partial charge on any atom is 0.0628 e. The second kappa shape index (κ2) is 5.62. The molecule has 0 radical (unpaired) electrons. The van der Waals surface area contributed by atoms with E-state index in [-0.39, 0.29) is 0 Å². The lowest BCUT2D eigenvalue weighted by atomic mass is 10.1. The van der Waals surface area contributed by atoms with Crippen molar-refractivity contribution in [1.29, 1.82) is 0 Å². The molecule has 0 bridgehead atoms. The molecule has 21 heavy (non-hydrogen) atoms. The van der Waals surface area contributed by atoms with E-state index in [0.29, 0.717) is 12.6 Å². The summed E-state index contributed by atoms with van der Waals surface area (Å²) in [6.45, 7) is 6.97. The fourth-order valence-electron chi connectivity index (χ4n) is 3.47. The van der Waals surface area contributed by atoms with Crippen LogP contribution in [0.1, 0.15) is 34.1 Å². The van der Waals surface area contributed by atoms with Gasteiger partial charge in [0.05, 0.1) is 5.69 Å². The molecule has 0 fully saturated rings. The third-order valence-corrected chi connectivity index (χ3v) is 4.76. The van der Waals surface area contributed by atoms with Gasteiger partial charge in [-0.05, 0) is 37.0 Å². The summed E-state index contributed by atoms with van der Waals surface area (Å²) >= 11 is 0. The topological polar surface area (TPSA) is 47.1 Å². The van der Waals surface area contributed by atoms with Gasteiger partial charge in [0.1, 0.15) is 0 Å². The van der Waals surface area contributed by atoms with Crippen LogP contribution in [-0.4, -0.2) is 27.8 Å². The Hall–Kier alpha value is -1.65. The molecule has 0 saturated heterocycles. The van der Waals surface area contributed by atoms with Crippen molar-refractivity contribution in [2.45, 2.75) is 32.9 Å². The molecule has 2 N–H and O–H groups in total. The normalized spacial score (nSPS) is 18.2. The third-order valence-electron chi connectivity index (χ3n) is 4.76. The molecule has 2 aromatic rings. The van der Waals surface area contributed by atoms with Crippen molar-refractivity contribution in [3.8, 4) is 0 Å². The maximum atomic E-state index is 6.01. The minimum Gasteiger partial charge on any atom is -0.329 e. The van der Waals surface area contributed by atoms with E-state index in [0.717, 1.165) is 25.2 Å². The van der Waals surface area contributed by atoms with Crippen molar-refractivity contribution in [3.05, 3.63) is 52.3 Å². The first kappa shape index (κ1) is 14.3. The fraction of sp³-hybridized carbons (Fsp3) is 0.471. The lowest BCUT2D eigenvalue weighted by molar-refractivity contribution is 0.222. The number of nitrogens with two attached hydrogens (primary N) is 1. The predicted octanol–water partition coefficient (Wildman–Crippen LogP) is 2.10. The minimum absolute atomic E-state index is 0.360. The van der Waals surface area contributed by atoms with Gasteiger partial charge in [0.15, 0.2) is 0 Å². The molecule has 112 valence electrons. The molecule has 1 aliphatic rings. The van der Waals surface area contributed by atoms with Gasteiger partial charge in [-0.3, -0.25) is 9.58 Å². The maximum absolute atomic E-state index is 6.01. The Morgan fingerprint density at radius 3 is 2.71 bits per heavy atom. The molecule has 1 atom stereocenters. The van der Waals surface area contributed by atoms with Gasteiger partial charge < -0.3 is 5.73 Å². The zero-order chi connectivity index (χ0) is 15.0.